The Morgan fingerprint density at radius 3 is 1.44 bits per heavy atom. The molecule has 2 atom stereocenters. The molecule has 2 rings (SSSR count). The second-order valence-corrected chi connectivity index (χ2v) is 4.70. The molecule has 2 fully saturated rings. The van der Waals surface area contributed by atoms with Crippen LogP contribution in [0.3, 0.4) is 0 Å². The summed E-state index contributed by atoms with van der Waals surface area (Å²) in [7, 11) is 0. The van der Waals surface area contributed by atoms with Gasteiger partial charge in [0.25, 0.3) is 0 Å². The minimum absolute atomic E-state index is 0. The Morgan fingerprint density at radius 1 is 0.944 bits per heavy atom. The minimum Gasteiger partial charge on any atom is -0.674 e. The normalized spacial score (nSPS) is 28.1. The van der Waals surface area contributed by atoms with E-state index in [1.54, 1.807) is 0 Å². The molecule has 2 aliphatic rings. The van der Waals surface area contributed by atoms with Crippen molar-refractivity contribution in [1.82, 2.24) is 0 Å². The Labute approximate surface area is 120 Å². The molecular weight excluding hydrogens is 419 g/mol. The molecule has 0 aromatic rings. The van der Waals surface area contributed by atoms with Gasteiger partial charge in [0.05, 0.1) is 11.9 Å². The third-order valence-electron chi connectivity index (χ3n) is 3.82. The van der Waals surface area contributed by atoms with E-state index in [-0.39, 0.29) is 38.6 Å². The molecule has 0 amide bonds. The molecule has 18 heavy (non-hydrogen) atoms. The Bertz CT molecular complexity index is 281. The molecule has 0 radical (unpaired) electrons. The molecule has 2 saturated carbocycles. The maximum Gasteiger partial charge on any atom is 4.00 e. The molecule has 2 N–H and O–H groups in total. The van der Waals surface area contributed by atoms with Gasteiger partial charge < -0.3 is 31.3 Å². The Morgan fingerprint density at radius 2 is 1.28 bits per heavy atom. The molecule has 0 aromatic heterocycles. The average molecular weight is 435 g/mol. The first-order valence-electron chi connectivity index (χ1n) is 5.74. The summed E-state index contributed by atoms with van der Waals surface area (Å²) in [5.41, 5.74) is 15.9. The molecule has 0 saturated heterocycles. The maximum absolute atomic E-state index is 8.93. The van der Waals surface area contributed by atoms with Crippen LogP contribution in [0.2, 0.25) is 0 Å². The van der Waals surface area contributed by atoms with Crippen LogP contribution in [-0.2, 0) is 30.7 Å². The van der Waals surface area contributed by atoms with E-state index in [2.05, 4.69) is 0 Å². The van der Waals surface area contributed by atoms with Crippen molar-refractivity contribution in [2.75, 3.05) is 0 Å². The predicted molar refractivity (Wildman–Crippen MR) is 56.4 cm³/mol. The number of hydrogen-bond acceptors (Lipinski definition) is 4. The Balaban J connectivity index is 0.000000362. The summed E-state index contributed by atoms with van der Waals surface area (Å²) >= 11 is 0. The molecular formula is C11H16N2O4Pt. The van der Waals surface area contributed by atoms with E-state index < -0.39 is 11.9 Å². The molecule has 7 heteroatoms. The molecule has 104 valence electrons. The molecule has 0 heterocycles. The molecule has 0 unspecified atom stereocenters. The van der Waals surface area contributed by atoms with Crippen molar-refractivity contribution < 1.29 is 40.9 Å². The van der Waals surface area contributed by atoms with Crippen LogP contribution in [0.4, 0.5) is 0 Å². The Hall–Kier alpha value is -0.452. The zero-order chi connectivity index (χ0) is 13.1. The molecule has 1 spiro atoms. The van der Waals surface area contributed by atoms with Crippen LogP contribution < -0.4 is 10.2 Å². The van der Waals surface area contributed by atoms with E-state index in [1.807, 2.05) is 0 Å². The van der Waals surface area contributed by atoms with E-state index in [4.69, 9.17) is 31.3 Å². The van der Waals surface area contributed by atoms with Crippen molar-refractivity contribution in [3.05, 3.63) is 11.5 Å². The second-order valence-electron chi connectivity index (χ2n) is 4.70. The number of carboxylic acid groups (broad SMARTS) is 2. The number of hydrogen-bond donors (Lipinski definition) is 0. The van der Waals surface area contributed by atoms with Crippen molar-refractivity contribution in [3.63, 3.8) is 0 Å². The van der Waals surface area contributed by atoms with E-state index in [0.29, 0.717) is 0 Å². The molecule has 0 bridgehead atoms. The standard InChI is InChI=1S/C9H16N2.C2H2O4.Pt/c10-7-3-1-5-9(7)6-2-4-8(9)11;3-1(4)2(5)6;/h7-8,10-11H,1-6H2;(H,3,4)(H,5,6);/q-2;;+4/p-2/t7-,8-,9?;;/m1../s1. The first-order valence-corrected chi connectivity index (χ1v) is 5.74. The van der Waals surface area contributed by atoms with Gasteiger partial charge in [-0.25, -0.2) is 0 Å². The van der Waals surface area contributed by atoms with Crippen LogP contribution in [0.1, 0.15) is 38.5 Å². The van der Waals surface area contributed by atoms with Gasteiger partial charge in [0.1, 0.15) is 0 Å². The van der Waals surface area contributed by atoms with Crippen LogP contribution >= 0.6 is 0 Å². The fraction of sp³-hybridized carbons (Fsp3) is 0.818. The van der Waals surface area contributed by atoms with E-state index in [0.717, 1.165) is 25.7 Å². The van der Waals surface area contributed by atoms with Gasteiger partial charge in [-0.15, -0.1) is 12.1 Å². The number of rotatable bonds is 0. The van der Waals surface area contributed by atoms with Crippen LogP contribution in [0.25, 0.3) is 11.5 Å². The summed E-state index contributed by atoms with van der Waals surface area (Å²) in [5, 5.41) is 17.9. The molecule has 0 aliphatic heterocycles. The number of nitrogens with one attached hydrogen (secondary N) is 2. The third kappa shape index (κ3) is 3.77. The van der Waals surface area contributed by atoms with E-state index in [1.165, 1.54) is 12.8 Å². The molecule has 6 nitrogen and oxygen atoms in total. The molecule has 2 aliphatic carbocycles. The van der Waals surface area contributed by atoms with Gasteiger partial charge in [-0.1, -0.05) is 43.9 Å². The fourth-order valence-corrected chi connectivity index (χ4v) is 2.91. The largest absolute Gasteiger partial charge is 4.00 e. The smallest absolute Gasteiger partial charge is 0.674 e. The van der Waals surface area contributed by atoms with Crippen molar-refractivity contribution in [1.29, 1.82) is 0 Å². The van der Waals surface area contributed by atoms with Crippen molar-refractivity contribution in [3.8, 4) is 0 Å². The first kappa shape index (κ1) is 17.5. The summed E-state index contributed by atoms with van der Waals surface area (Å²) in [4.78, 5) is 17.9. The van der Waals surface area contributed by atoms with Crippen molar-refractivity contribution in [2.24, 2.45) is 5.41 Å². The summed E-state index contributed by atoms with van der Waals surface area (Å²) in [6.45, 7) is 0. The van der Waals surface area contributed by atoms with Crippen LogP contribution in [0, 0.1) is 5.41 Å². The number of carboxylic acids is 2. The zero-order valence-corrected chi connectivity index (χ0v) is 12.1. The number of aliphatic carboxylic acids is 2. The van der Waals surface area contributed by atoms with Crippen molar-refractivity contribution >= 4 is 11.9 Å². The second kappa shape index (κ2) is 7.21. The summed E-state index contributed by atoms with van der Waals surface area (Å²) in [6, 6.07) is 0.181. The van der Waals surface area contributed by atoms with Crippen LogP contribution in [0.15, 0.2) is 0 Å². The average Bonchev–Trinajstić information content (AvgIpc) is 2.78. The van der Waals surface area contributed by atoms with E-state index in [9.17, 15) is 0 Å². The number of carbonyl (C=O) groups is 2. The third-order valence-corrected chi connectivity index (χ3v) is 3.82. The number of carbonyl (C=O) groups excluding carboxylic acids is 2. The van der Waals surface area contributed by atoms with Gasteiger partial charge >= 0.3 is 21.1 Å². The van der Waals surface area contributed by atoms with Gasteiger partial charge in [-0.2, -0.15) is 0 Å². The van der Waals surface area contributed by atoms with Gasteiger partial charge in [0.15, 0.2) is 0 Å². The van der Waals surface area contributed by atoms with Crippen LogP contribution in [-0.4, -0.2) is 24.0 Å². The molecule has 0 aromatic carbocycles. The van der Waals surface area contributed by atoms with Crippen LogP contribution in [0.5, 0.6) is 0 Å². The van der Waals surface area contributed by atoms with Gasteiger partial charge in [-0.05, 0) is 0 Å². The van der Waals surface area contributed by atoms with E-state index >= 15 is 0 Å². The van der Waals surface area contributed by atoms with Gasteiger partial charge in [0, 0.05) is 0 Å². The van der Waals surface area contributed by atoms with Gasteiger partial charge in [0.2, 0.25) is 0 Å². The quantitative estimate of drug-likeness (QED) is 0.483. The SMILES string of the molecule is O=C([O-])C(=O)[O-].[NH-][C@@H]1CCCC12CCC[C@H]2[NH-].[Pt+4]. The van der Waals surface area contributed by atoms with Crippen molar-refractivity contribution in [2.45, 2.75) is 50.6 Å². The monoisotopic (exact) mass is 435 g/mol. The zero-order valence-electron chi connectivity index (χ0n) is 9.85. The first-order chi connectivity index (χ1) is 7.90. The topological polar surface area (TPSA) is 128 Å². The summed E-state index contributed by atoms with van der Waals surface area (Å²) in [5.74, 6) is -4.37. The predicted octanol–water partition coefficient (Wildman–Crippen LogP) is -0.334. The fourth-order valence-electron chi connectivity index (χ4n) is 2.91. The van der Waals surface area contributed by atoms with Gasteiger partial charge in [-0.3, -0.25) is 0 Å². The summed E-state index contributed by atoms with van der Waals surface area (Å²) < 4.78 is 0. The maximum atomic E-state index is 8.93. The Kier molecular flexibility index (Phi) is 7.03. The summed E-state index contributed by atoms with van der Waals surface area (Å²) in [6.07, 6.45) is 6.82. The minimum atomic E-state index is -2.19.